The number of hydrogen-bond acceptors (Lipinski definition) is 4. The van der Waals surface area contributed by atoms with Crippen molar-refractivity contribution in [1.82, 2.24) is 9.97 Å². The van der Waals surface area contributed by atoms with E-state index in [2.05, 4.69) is 22.2 Å². The molecule has 1 aliphatic heterocycles. The summed E-state index contributed by atoms with van der Waals surface area (Å²) in [6, 6.07) is 1.90. The molecule has 0 radical (unpaired) electrons. The summed E-state index contributed by atoms with van der Waals surface area (Å²) in [6.07, 6.45) is 3.99. The highest BCUT2D eigenvalue weighted by Crippen LogP contribution is 2.29. The summed E-state index contributed by atoms with van der Waals surface area (Å²) in [5, 5.41) is 3.32. The SMILES string of the molecule is Cc1ccnc(NCC2(C)CCOCC2)n1. The van der Waals surface area contributed by atoms with Gasteiger partial charge in [-0.2, -0.15) is 0 Å². The lowest BCUT2D eigenvalue weighted by atomic mass is 9.82. The number of ether oxygens (including phenoxy) is 1. The molecular formula is C12H19N3O. The lowest BCUT2D eigenvalue weighted by Crippen LogP contribution is -2.33. The molecule has 0 unspecified atom stereocenters. The van der Waals surface area contributed by atoms with Crippen LogP contribution in [0.25, 0.3) is 0 Å². The third-order valence-electron chi connectivity index (χ3n) is 3.17. The Morgan fingerprint density at radius 1 is 1.44 bits per heavy atom. The summed E-state index contributed by atoms with van der Waals surface area (Å²) in [4.78, 5) is 8.54. The summed E-state index contributed by atoms with van der Waals surface area (Å²) in [5.74, 6) is 0.729. The number of hydrogen-bond donors (Lipinski definition) is 1. The molecule has 0 aliphatic carbocycles. The molecule has 1 aromatic rings. The van der Waals surface area contributed by atoms with E-state index in [1.165, 1.54) is 0 Å². The minimum Gasteiger partial charge on any atom is -0.381 e. The van der Waals surface area contributed by atoms with Crippen LogP contribution in [-0.2, 0) is 4.74 Å². The highest BCUT2D eigenvalue weighted by atomic mass is 16.5. The number of aryl methyl sites for hydroxylation is 1. The summed E-state index contributed by atoms with van der Waals surface area (Å²) in [5.41, 5.74) is 1.31. The lowest BCUT2D eigenvalue weighted by Gasteiger charge is -2.33. The third kappa shape index (κ3) is 2.92. The molecule has 2 rings (SSSR count). The monoisotopic (exact) mass is 221 g/mol. The Balaban J connectivity index is 1.91. The van der Waals surface area contributed by atoms with E-state index in [9.17, 15) is 0 Å². The fourth-order valence-electron chi connectivity index (χ4n) is 1.87. The van der Waals surface area contributed by atoms with E-state index in [0.29, 0.717) is 5.41 Å². The first-order valence-corrected chi connectivity index (χ1v) is 5.79. The maximum absolute atomic E-state index is 5.38. The Bertz CT molecular complexity index is 348. The van der Waals surface area contributed by atoms with Gasteiger partial charge in [0.25, 0.3) is 0 Å². The maximum Gasteiger partial charge on any atom is 0.222 e. The zero-order valence-corrected chi connectivity index (χ0v) is 9.99. The Morgan fingerprint density at radius 3 is 2.88 bits per heavy atom. The lowest BCUT2D eigenvalue weighted by molar-refractivity contribution is 0.0299. The minimum atomic E-state index is 0.311. The van der Waals surface area contributed by atoms with Crippen LogP contribution in [0.5, 0.6) is 0 Å². The van der Waals surface area contributed by atoms with Gasteiger partial charge in [-0.15, -0.1) is 0 Å². The standard InChI is InChI=1S/C12H19N3O/c1-10-3-6-13-11(15-10)14-9-12(2)4-7-16-8-5-12/h3,6H,4-5,7-9H2,1-2H3,(H,13,14,15). The van der Waals surface area contributed by atoms with Crippen LogP contribution in [0.1, 0.15) is 25.5 Å². The summed E-state index contributed by atoms with van der Waals surface area (Å²) in [6.45, 7) is 6.92. The second-order valence-electron chi connectivity index (χ2n) is 4.80. The fourth-order valence-corrected chi connectivity index (χ4v) is 1.87. The van der Waals surface area contributed by atoms with E-state index >= 15 is 0 Å². The van der Waals surface area contributed by atoms with Crippen LogP contribution < -0.4 is 5.32 Å². The first-order chi connectivity index (χ1) is 7.68. The number of nitrogens with one attached hydrogen (secondary N) is 1. The van der Waals surface area contributed by atoms with Crippen LogP contribution >= 0.6 is 0 Å². The molecule has 88 valence electrons. The minimum absolute atomic E-state index is 0.311. The van der Waals surface area contributed by atoms with Crippen LogP contribution in [0, 0.1) is 12.3 Å². The smallest absolute Gasteiger partial charge is 0.222 e. The van der Waals surface area contributed by atoms with E-state index in [1.807, 2.05) is 13.0 Å². The normalized spacial score (nSPS) is 19.4. The molecule has 0 amide bonds. The maximum atomic E-state index is 5.38. The fraction of sp³-hybridized carbons (Fsp3) is 0.667. The molecule has 2 heterocycles. The summed E-state index contributed by atoms with van der Waals surface area (Å²) < 4.78 is 5.38. The Labute approximate surface area is 96.4 Å². The van der Waals surface area contributed by atoms with Gasteiger partial charge in [0.15, 0.2) is 0 Å². The van der Waals surface area contributed by atoms with E-state index in [0.717, 1.165) is 44.2 Å². The zero-order chi connectivity index (χ0) is 11.4. The highest BCUT2D eigenvalue weighted by Gasteiger charge is 2.27. The number of rotatable bonds is 3. The van der Waals surface area contributed by atoms with E-state index in [-0.39, 0.29) is 0 Å². The van der Waals surface area contributed by atoms with Crippen molar-refractivity contribution in [1.29, 1.82) is 0 Å². The predicted octanol–water partition coefficient (Wildman–Crippen LogP) is 2.01. The number of anilines is 1. The molecule has 1 aromatic heterocycles. The Hall–Kier alpha value is -1.16. The molecule has 16 heavy (non-hydrogen) atoms. The molecule has 0 bridgehead atoms. The highest BCUT2D eigenvalue weighted by molar-refractivity contribution is 5.25. The molecular weight excluding hydrogens is 202 g/mol. The van der Waals surface area contributed by atoms with Gasteiger partial charge in [-0.3, -0.25) is 0 Å². The summed E-state index contributed by atoms with van der Waals surface area (Å²) in [7, 11) is 0. The van der Waals surface area contributed by atoms with Gasteiger partial charge >= 0.3 is 0 Å². The van der Waals surface area contributed by atoms with E-state index < -0.39 is 0 Å². The van der Waals surface area contributed by atoms with Crippen molar-refractivity contribution in [2.24, 2.45) is 5.41 Å². The molecule has 0 spiro atoms. The molecule has 0 saturated carbocycles. The second kappa shape index (κ2) is 4.78. The van der Waals surface area contributed by atoms with Gasteiger partial charge < -0.3 is 10.1 Å². The molecule has 0 aromatic carbocycles. The first kappa shape index (κ1) is 11.3. The van der Waals surface area contributed by atoms with Crippen molar-refractivity contribution in [3.8, 4) is 0 Å². The molecule has 1 aliphatic rings. The number of aromatic nitrogens is 2. The zero-order valence-electron chi connectivity index (χ0n) is 9.99. The van der Waals surface area contributed by atoms with E-state index in [4.69, 9.17) is 4.74 Å². The third-order valence-corrected chi connectivity index (χ3v) is 3.17. The Kier molecular flexibility index (Phi) is 3.39. The van der Waals surface area contributed by atoms with Crippen LogP contribution in [0.4, 0.5) is 5.95 Å². The van der Waals surface area contributed by atoms with Crippen molar-refractivity contribution in [2.75, 3.05) is 25.1 Å². The Morgan fingerprint density at radius 2 is 2.19 bits per heavy atom. The van der Waals surface area contributed by atoms with Gasteiger partial charge in [0.05, 0.1) is 0 Å². The van der Waals surface area contributed by atoms with Crippen molar-refractivity contribution in [3.63, 3.8) is 0 Å². The van der Waals surface area contributed by atoms with E-state index in [1.54, 1.807) is 6.20 Å². The quantitative estimate of drug-likeness (QED) is 0.848. The molecule has 1 N–H and O–H groups in total. The molecule has 1 fully saturated rings. The second-order valence-corrected chi connectivity index (χ2v) is 4.80. The predicted molar refractivity (Wildman–Crippen MR) is 63.4 cm³/mol. The average molecular weight is 221 g/mol. The number of nitrogens with zero attached hydrogens (tertiary/aromatic N) is 2. The molecule has 0 atom stereocenters. The van der Waals surface area contributed by atoms with Gasteiger partial charge in [0.1, 0.15) is 0 Å². The van der Waals surface area contributed by atoms with Crippen molar-refractivity contribution < 1.29 is 4.74 Å². The average Bonchev–Trinajstić information content (AvgIpc) is 2.28. The van der Waals surface area contributed by atoms with Gasteiger partial charge in [0.2, 0.25) is 5.95 Å². The van der Waals surface area contributed by atoms with Crippen LogP contribution in [0.3, 0.4) is 0 Å². The molecule has 4 heteroatoms. The van der Waals surface area contributed by atoms with Crippen LogP contribution in [0.2, 0.25) is 0 Å². The van der Waals surface area contributed by atoms with Crippen molar-refractivity contribution >= 4 is 5.95 Å². The van der Waals surface area contributed by atoms with Gasteiger partial charge in [-0.25, -0.2) is 9.97 Å². The van der Waals surface area contributed by atoms with Gasteiger partial charge in [-0.05, 0) is 31.2 Å². The van der Waals surface area contributed by atoms with Crippen molar-refractivity contribution in [2.45, 2.75) is 26.7 Å². The van der Waals surface area contributed by atoms with Gasteiger partial charge in [-0.1, -0.05) is 6.92 Å². The van der Waals surface area contributed by atoms with Crippen LogP contribution in [-0.4, -0.2) is 29.7 Å². The topological polar surface area (TPSA) is 47.0 Å². The first-order valence-electron chi connectivity index (χ1n) is 5.79. The largest absolute Gasteiger partial charge is 0.381 e. The molecule has 4 nitrogen and oxygen atoms in total. The van der Waals surface area contributed by atoms with Crippen LogP contribution in [0.15, 0.2) is 12.3 Å². The summed E-state index contributed by atoms with van der Waals surface area (Å²) >= 11 is 0. The van der Waals surface area contributed by atoms with Gasteiger partial charge in [0, 0.05) is 31.6 Å². The molecule has 1 saturated heterocycles. The van der Waals surface area contributed by atoms with Crippen molar-refractivity contribution in [3.05, 3.63) is 18.0 Å².